The van der Waals surface area contributed by atoms with Gasteiger partial charge in [-0.05, 0) is 63.0 Å². The first-order valence-corrected chi connectivity index (χ1v) is 15.6. The van der Waals surface area contributed by atoms with Crippen molar-refractivity contribution in [2.75, 3.05) is 32.7 Å². The maximum atomic E-state index is 12.2. The van der Waals surface area contributed by atoms with Crippen LogP contribution in [-0.4, -0.2) is 54.4 Å². The Bertz CT molecular complexity index is 1010. The molecule has 0 bridgehead atoms. The number of pyridine rings is 1. The lowest BCUT2D eigenvalue weighted by Crippen LogP contribution is -2.41. The number of hydrogen-bond donors (Lipinski definition) is 2. The minimum Gasteiger partial charge on any atom is -0.355 e. The summed E-state index contributed by atoms with van der Waals surface area (Å²) in [5.41, 5.74) is 0.562. The molecule has 0 spiro atoms. The van der Waals surface area contributed by atoms with Gasteiger partial charge in [-0.1, -0.05) is 93.7 Å². The summed E-state index contributed by atoms with van der Waals surface area (Å²) in [5.74, 6) is 0.460. The van der Waals surface area contributed by atoms with E-state index < -0.39 is 0 Å². The maximum absolute atomic E-state index is 12.2. The molecule has 6 nitrogen and oxygen atoms in total. The van der Waals surface area contributed by atoms with E-state index in [-0.39, 0.29) is 11.8 Å². The summed E-state index contributed by atoms with van der Waals surface area (Å²) in [4.78, 5) is 30.7. The number of rotatable bonds is 23. The third kappa shape index (κ3) is 22.2. The molecule has 1 aromatic rings. The van der Waals surface area contributed by atoms with Crippen molar-refractivity contribution >= 4 is 11.8 Å². The van der Waals surface area contributed by atoms with Crippen molar-refractivity contribution in [3.63, 3.8) is 0 Å². The minimum absolute atomic E-state index is 0.0731. The van der Waals surface area contributed by atoms with Crippen LogP contribution in [0, 0.1) is 5.92 Å². The summed E-state index contributed by atoms with van der Waals surface area (Å²) in [6.45, 7) is 10.1. The Balaban J connectivity index is 2.10. The lowest BCUT2D eigenvalue weighted by atomic mass is 10.2. The molecule has 0 aliphatic rings. The van der Waals surface area contributed by atoms with Crippen LogP contribution in [0.5, 0.6) is 0 Å². The highest BCUT2D eigenvalue weighted by atomic mass is 16.2. The topological polar surface area (TPSA) is 74.3 Å². The van der Waals surface area contributed by atoms with E-state index in [2.05, 4.69) is 114 Å². The Morgan fingerprint density at radius 1 is 0.786 bits per heavy atom. The molecule has 0 fully saturated rings. The lowest BCUT2D eigenvalue weighted by Gasteiger charge is -2.24. The zero-order valence-electron chi connectivity index (χ0n) is 26.2. The van der Waals surface area contributed by atoms with E-state index in [1.165, 1.54) is 0 Å². The maximum Gasteiger partial charge on any atom is 0.252 e. The number of hydrogen-bond acceptors (Lipinski definition) is 4. The standard InChI is InChI=1S/C36H54N4O2/c1-4-5-6-7-8-9-10-11-12-13-14-15-16-17-18-19-20-21-22-25-35(41)38-27-29-40(32-33(2)3)30-28-39-36(42)34-24-23-26-37-31-34/h5-6,8-9,11-12,14-15,17-18,20-21,23-24,26,31,33H,4,7,10,13,16,19,22,25,27-30,32H2,1-3H3,(H,38,41)(H,39,42). The van der Waals surface area contributed by atoms with E-state index in [0.717, 1.165) is 64.6 Å². The molecule has 0 aromatic carbocycles. The van der Waals surface area contributed by atoms with Gasteiger partial charge in [-0.3, -0.25) is 19.5 Å². The second-order valence-corrected chi connectivity index (χ2v) is 10.5. The fourth-order valence-corrected chi connectivity index (χ4v) is 4.03. The van der Waals surface area contributed by atoms with Crippen LogP contribution in [0.4, 0.5) is 0 Å². The normalized spacial score (nSPS) is 12.5. The molecule has 1 rings (SSSR count). The molecule has 2 amide bonds. The Hall–Kier alpha value is -3.51. The fraction of sp³-hybridized carbons (Fsp3) is 0.472. The Morgan fingerprint density at radius 2 is 1.31 bits per heavy atom. The molecule has 0 aliphatic heterocycles. The number of carbonyl (C=O) groups is 2. The second kappa shape index (κ2) is 26.4. The summed E-state index contributed by atoms with van der Waals surface area (Å²) in [7, 11) is 0. The summed E-state index contributed by atoms with van der Waals surface area (Å²) < 4.78 is 0. The number of nitrogens with zero attached hydrogens (tertiary/aromatic N) is 2. The Labute approximate surface area is 255 Å². The van der Waals surface area contributed by atoms with Crippen LogP contribution in [0.2, 0.25) is 0 Å². The number of aromatic nitrogens is 1. The monoisotopic (exact) mass is 574 g/mol. The molecule has 1 aromatic heterocycles. The molecule has 0 radical (unpaired) electrons. The summed E-state index contributed by atoms with van der Waals surface area (Å²) in [6.07, 6.45) is 36.6. The third-order valence-corrected chi connectivity index (χ3v) is 6.15. The third-order valence-electron chi connectivity index (χ3n) is 6.15. The number of nitrogens with one attached hydrogen (secondary N) is 2. The molecule has 2 N–H and O–H groups in total. The lowest BCUT2D eigenvalue weighted by molar-refractivity contribution is -0.121. The van der Waals surface area contributed by atoms with E-state index in [4.69, 9.17) is 0 Å². The molecule has 0 unspecified atom stereocenters. The van der Waals surface area contributed by atoms with Gasteiger partial charge in [0.1, 0.15) is 0 Å². The van der Waals surface area contributed by atoms with Gasteiger partial charge in [0, 0.05) is 51.5 Å². The molecule has 0 atom stereocenters. The molecular weight excluding hydrogens is 520 g/mol. The van der Waals surface area contributed by atoms with Crippen molar-refractivity contribution < 1.29 is 9.59 Å². The van der Waals surface area contributed by atoms with Crippen LogP contribution in [0.15, 0.2) is 97.4 Å². The second-order valence-electron chi connectivity index (χ2n) is 10.5. The SMILES string of the molecule is CCC=CCC=CCC=CCC=CCC=CCC=CCCC(=O)NCCN(CCNC(=O)c1cccnc1)CC(C)C. The first kappa shape index (κ1) is 36.5. The van der Waals surface area contributed by atoms with Gasteiger partial charge >= 0.3 is 0 Å². The molecule has 0 aliphatic carbocycles. The average molecular weight is 575 g/mol. The van der Waals surface area contributed by atoms with E-state index in [0.29, 0.717) is 31.0 Å². The molecule has 6 heteroatoms. The van der Waals surface area contributed by atoms with Crippen LogP contribution in [0.25, 0.3) is 0 Å². The highest BCUT2D eigenvalue weighted by Crippen LogP contribution is 2.00. The van der Waals surface area contributed by atoms with Gasteiger partial charge in [0.15, 0.2) is 0 Å². The van der Waals surface area contributed by atoms with Crippen LogP contribution in [0.1, 0.15) is 82.5 Å². The first-order chi connectivity index (χ1) is 20.5. The molecule has 1 heterocycles. The van der Waals surface area contributed by atoms with Gasteiger partial charge in [0.05, 0.1) is 5.56 Å². The largest absolute Gasteiger partial charge is 0.355 e. The van der Waals surface area contributed by atoms with Crippen molar-refractivity contribution in [3.8, 4) is 0 Å². The van der Waals surface area contributed by atoms with Gasteiger partial charge in [0.25, 0.3) is 5.91 Å². The molecular formula is C36H54N4O2. The zero-order chi connectivity index (χ0) is 30.5. The number of carbonyl (C=O) groups excluding carboxylic acids is 2. The predicted molar refractivity (Wildman–Crippen MR) is 178 cm³/mol. The fourth-order valence-electron chi connectivity index (χ4n) is 4.03. The van der Waals surface area contributed by atoms with Crippen LogP contribution in [-0.2, 0) is 4.79 Å². The van der Waals surface area contributed by atoms with Crippen molar-refractivity contribution in [1.82, 2.24) is 20.5 Å². The van der Waals surface area contributed by atoms with Crippen molar-refractivity contribution in [2.24, 2.45) is 5.92 Å². The van der Waals surface area contributed by atoms with Gasteiger partial charge in [0.2, 0.25) is 5.91 Å². The summed E-state index contributed by atoms with van der Waals surface area (Å²) >= 11 is 0. The van der Waals surface area contributed by atoms with Gasteiger partial charge < -0.3 is 10.6 Å². The Kier molecular flexibility index (Phi) is 22.9. The van der Waals surface area contributed by atoms with E-state index in [1.54, 1.807) is 24.5 Å². The van der Waals surface area contributed by atoms with Crippen LogP contribution < -0.4 is 10.6 Å². The van der Waals surface area contributed by atoms with Crippen molar-refractivity contribution in [2.45, 2.75) is 72.1 Å². The smallest absolute Gasteiger partial charge is 0.252 e. The van der Waals surface area contributed by atoms with Crippen LogP contribution in [0.3, 0.4) is 0 Å². The highest BCUT2D eigenvalue weighted by Gasteiger charge is 2.10. The predicted octanol–water partition coefficient (Wildman–Crippen LogP) is 7.36. The zero-order valence-corrected chi connectivity index (χ0v) is 26.2. The van der Waals surface area contributed by atoms with Gasteiger partial charge in [-0.25, -0.2) is 0 Å². The highest BCUT2D eigenvalue weighted by molar-refractivity contribution is 5.93. The summed E-state index contributed by atoms with van der Waals surface area (Å²) in [5, 5.41) is 5.98. The molecule has 0 saturated carbocycles. The van der Waals surface area contributed by atoms with E-state index >= 15 is 0 Å². The quantitative estimate of drug-likeness (QED) is 0.134. The average Bonchev–Trinajstić information content (AvgIpc) is 2.98. The van der Waals surface area contributed by atoms with Crippen molar-refractivity contribution in [1.29, 1.82) is 0 Å². The number of amides is 2. The van der Waals surface area contributed by atoms with Crippen LogP contribution >= 0.6 is 0 Å². The molecule has 42 heavy (non-hydrogen) atoms. The van der Waals surface area contributed by atoms with E-state index in [9.17, 15) is 9.59 Å². The van der Waals surface area contributed by atoms with E-state index in [1.807, 2.05) is 0 Å². The van der Waals surface area contributed by atoms with Gasteiger partial charge in [-0.15, -0.1) is 0 Å². The Morgan fingerprint density at radius 3 is 1.81 bits per heavy atom. The number of allylic oxidation sites excluding steroid dienone is 12. The van der Waals surface area contributed by atoms with Gasteiger partial charge in [-0.2, -0.15) is 0 Å². The first-order valence-electron chi connectivity index (χ1n) is 15.6. The molecule has 0 saturated heterocycles. The summed E-state index contributed by atoms with van der Waals surface area (Å²) in [6, 6.07) is 3.51. The van der Waals surface area contributed by atoms with Crippen molar-refractivity contribution in [3.05, 3.63) is 103 Å². The minimum atomic E-state index is -0.115. The molecule has 230 valence electrons.